The van der Waals surface area contributed by atoms with E-state index in [-0.39, 0.29) is 0 Å². The fourth-order valence-electron chi connectivity index (χ4n) is 2.16. The van der Waals surface area contributed by atoms with Crippen molar-refractivity contribution < 1.29 is 4.74 Å². The Morgan fingerprint density at radius 1 is 1.35 bits per heavy atom. The Hall–Kier alpha value is -0.730. The van der Waals surface area contributed by atoms with E-state index in [2.05, 4.69) is 18.9 Å². The first-order valence-corrected chi connectivity index (χ1v) is 6.60. The quantitative estimate of drug-likeness (QED) is 0.819. The Kier molecular flexibility index (Phi) is 4.30. The lowest BCUT2D eigenvalue weighted by atomic mass is 9.98. The number of rotatable bonds is 3. The van der Waals surface area contributed by atoms with Gasteiger partial charge in [0.2, 0.25) is 0 Å². The van der Waals surface area contributed by atoms with Gasteiger partial charge in [-0.3, -0.25) is 0 Å². The SMILES string of the molecule is Cc1ccc(Cl)c(OCC2CCN(C)CC2)c1. The van der Waals surface area contributed by atoms with Crippen LogP contribution in [0.25, 0.3) is 0 Å². The van der Waals surface area contributed by atoms with E-state index in [0.717, 1.165) is 12.4 Å². The standard InChI is InChI=1S/C14H20ClNO/c1-11-3-4-13(15)14(9-11)17-10-12-5-7-16(2)8-6-12/h3-4,9,12H,5-8,10H2,1-2H3. The highest BCUT2D eigenvalue weighted by Crippen LogP contribution is 2.26. The molecule has 1 aromatic rings. The van der Waals surface area contributed by atoms with Crippen LogP contribution in [0.2, 0.25) is 5.02 Å². The Morgan fingerprint density at radius 2 is 2.06 bits per heavy atom. The van der Waals surface area contributed by atoms with Gasteiger partial charge < -0.3 is 9.64 Å². The first-order valence-electron chi connectivity index (χ1n) is 6.22. The molecule has 2 nitrogen and oxygen atoms in total. The second kappa shape index (κ2) is 5.74. The van der Waals surface area contributed by atoms with Gasteiger partial charge in [0, 0.05) is 0 Å². The maximum absolute atomic E-state index is 6.10. The zero-order chi connectivity index (χ0) is 12.3. The maximum Gasteiger partial charge on any atom is 0.138 e. The summed E-state index contributed by atoms with van der Waals surface area (Å²) in [5, 5.41) is 0.712. The Morgan fingerprint density at radius 3 is 2.76 bits per heavy atom. The molecule has 0 amide bonds. The summed E-state index contributed by atoms with van der Waals surface area (Å²) < 4.78 is 5.84. The van der Waals surface area contributed by atoms with Crippen molar-refractivity contribution in [3.05, 3.63) is 28.8 Å². The normalized spacial score (nSPS) is 18.3. The van der Waals surface area contributed by atoms with Crippen LogP contribution in [0, 0.1) is 12.8 Å². The first-order chi connectivity index (χ1) is 8.15. The summed E-state index contributed by atoms with van der Waals surface area (Å²) in [5.41, 5.74) is 1.19. The average molecular weight is 254 g/mol. The van der Waals surface area contributed by atoms with Gasteiger partial charge in [-0.05, 0) is 63.5 Å². The summed E-state index contributed by atoms with van der Waals surface area (Å²) in [4.78, 5) is 2.37. The number of nitrogens with zero attached hydrogens (tertiary/aromatic N) is 1. The molecule has 1 aliphatic rings. The lowest BCUT2D eigenvalue weighted by Crippen LogP contribution is -2.32. The number of hydrogen-bond donors (Lipinski definition) is 0. The summed E-state index contributed by atoms with van der Waals surface area (Å²) >= 11 is 6.10. The van der Waals surface area contributed by atoms with Crippen molar-refractivity contribution in [2.24, 2.45) is 5.92 Å². The first kappa shape index (κ1) is 12.7. The molecule has 0 saturated carbocycles. The van der Waals surface area contributed by atoms with Crippen molar-refractivity contribution in [1.29, 1.82) is 0 Å². The van der Waals surface area contributed by atoms with Crippen molar-refractivity contribution in [1.82, 2.24) is 4.90 Å². The summed E-state index contributed by atoms with van der Waals surface area (Å²) in [7, 11) is 2.18. The third-order valence-corrected chi connectivity index (χ3v) is 3.71. The van der Waals surface area contributed by atoms with Crippen molar-refractivity contribution in [2.75, 3.05) is 26.7 Å². The molecule has 1 saturated heterocycles. The van der Waals surface area contributed by atoms with Crippen molar-refractivity contribution >= 4 is 11.6 Å². The van der Waals surface area contributed by atoms with Gasteiger partial charge in [-0.15, -0.1) is 0 Å². The second-order valence-electron chi connectivity index (χ2n) is 4.99. The molecular weight excluding hydrogens is 234 g/mol. The third kappa shape index (κ3) is 3.62. The molecule has 1 fully saturated rings. The van der Waals surface area contributed by atoms with Crippen molar-refractivity contribution in [2.45, 2.75) is 19.8 Å². The van der Waals surface area contributed by atoms with Gasteiger partial charge in [-0.1, -0.05) is 17.7 Å². The lowest BCUT2D eigenvalue weighted by molar-refractivity contribution is 0.160. The van der Waals surface area contributed by atoms with Crippen molar-refractivity contribution in [3.8, 4) is 5.75 Å². The Labute approximate surface area is 109 Å². The summed E-state index contributed by atoms with van der Waals surface area (Å²) in [6.07, 6.45) is 2.44. The van der Waals surface area contributed by atoms with Gasteiger partial charge in [-0.2, -0.15) is 0 Å². The van der Waals surface area contributed by atoms with E-state index < -0.39 is 0 Å². The van der Waals surface area contributed by atoms with Gasteiger partial charge in [0.1, 0.15) is 5.75 Å². The van der Waals surface area contributed by atoms with Crippen LogP contribution in [0.1, 0.15) is 18.4 Å². The van der Waals surface area contributed by atoms with E-state index >= 15 is 0 Å². The minimum atomic E-state index is 0.669. The monoisotopic (exact) mass is 253 g/mol. The van der Waals surface area contributed by atoms with Crippen molar-refractivity contribution in [3.63, 3.8) is 0 Å². The molecule has 94 valence electrons. The van der Waals surface area contributed by atoms with E-state index in [1.54, 1.807) is 0 Å². The molecule has 17 heavy (non-hydrogen) atoms. The topological polar surface area (TPSA) is 12.5 Å². The van der Waals surface area contributed by atoms with E-state index in [1.807, 2.05) is 18.2 Å². The van der Waals surface area contributed by atoms with Crippen LogP contribution in [-0.4, -0.2) is 31.6 Å². The molecule has 0 N–H and O–H groups in total. The molecule has 0 aliphatic carbocycles. The number of aryl methyl sites for hydroxylation is 1. The second-order valence-corrected chi connectivity index (χ2v) is 5.40. The number of piperidine rings is 1. The highest BCUT2D eigenvalue weighted by molar-refractivity contribution is 6.32. The van der Waals surface area contributed by atoms with E-state index in [9.17, 15) is 0 Å². The number of benzene rings is 1. The molecule has 0 spiro atoms. The van der Waals surface area contributed by atoms with Gasteiger partial charge in [0.15, 0.2) is 0 Å². The lowest BCUT2D eigenvalue weighted by Gasteiger charge is -2.28. The molecule has 1 heterocycles. The molecule has 0 aromatic heterocycles. The van der Waals surface area contributed by atoms with Crippen LogP contribution in [0.4, 0.5) is 0 Å². The molecule has 0 unspecified atom stereocenters. The summed E-state index contributed by atoms with van der Waals surface area (Å²) in [6, 6.07) is 5.92. The largest absolute Gasteiger partial charge is 0.492 e. The number of likely N-dealkylation sites (tertiary alicyclic amines) is 1. The average Bonchev–Trinajstić information content (AvgIpc) is 2.32. The smallest absolute Gasteiger partial charge is 0.138 e. The molecule has 1 aromatic carbocycles. The molecule has 0 bridgehead atoms. The maximum atomic E-state index is 6.10. The van der Waals surface area contributed by atoms with Crippen LogP contribution in [-0.2, 0) is 0 Å². The zero-order valence-electron chi connectivity index (χ0n) is 10.6. The minimum absolute atomic E-state index is 0.669. The molecule has 0 atom stereocenters. The Bertz CT molecular complexity index is 372. The fraction of sp³-hybridized carbons (Fsp3) is 0.571. The number of halogens is 1. The van der Waals surface area contributed by atoms with E-state index in [1.165, 1.54) is 31.5 Å². The van der Waals surface area contributed by atoms with Crippen LogP contribution in [0.3, 0.4) is 0 Å². The van der Waals surface area contributed by atoms with Gasteiger partial charge >= 0.3 is 0 Å². The van der Waals surface area contributed by atoms with Crippen LogP contribution in [0.15, 0.2) is 18.2 Å². The summed E-state index contributed by atoms with van der Waals surface area (Å²) in [5.74, 6) is 1.49. The molecule has 3 heteroatoms. The summed E-state index contributed by atoms with van der Waals surface area (Å²) in [6.45, 7) is 5.20. The van der Waals surface area contributed by atoms with E-state index in [0.29, 0.717) is 10.9 Å². The van der Waals surface area contributed by atoms with Crippen LogP contribution < -0.4 is 4.74 Å². The van der Waals surface area contributed by atoms with Crippen LogP contribution >= 0.6 is 11.6 Å². The molecule has 0 radical (unpaired) electrons. The fourth-order valence-corrected chi connectivity index (χ4v) is 2.33. The molecule has 1 aliphatic heterocycles. The van der Waals surface area contributed by atoms with Crippen LogP contribution in [0.5, 0.6) is 5.75 Å². The number of ether oxygens (including phenoxy) is 1. The van der Waals surface area contributed by atoms with Gasteiger partial charge in [-0.25, -0.2) is 0 Å². The van der Waals surface area contributed by atoms with Gasteiger partial charge in [0.05, 0.1) is 11.6 Å². The minimum Gasteiger partial charge on any atom is -0.492 e. The zero-order valence-corrected chi connectivity index (χ0v) is 11.3. The van der Waals surface area contributed by atoms with Gasteiger partial charge in [0.25, 0.3) is 0 Å². The van der Waals surface area contributed by atoms with E-state index in [4.69, 9.17) is 16.3 Å². The highest BCUT2D eigenvalue weighted by atomic mass is 35.5. The Balaban J connectivity index is 1.87. The molecular formula is C14H20ClNO. The number of hydrogen-bond acceptors (Lipinski definition) is 2. The third-order valence-electron chi connectivity index (χ3n) is 3.40. The predicted molar refractivity (Wildman–Crippen MR) is 71.9 cm³/mol. The highest BCUT2D eigenvalue weighted by Gasteiger charge is 2.17. The predicted octanol–water partition coefficient (Wildman–Crippen LogP) is 3.37. The molecule has 2 rings (SSSR count).